The van der Waals surface area contributed by atoms with Crippen molar-refractivity contribution in [3.63, 3.8) is 0 Å². The molecule has 2 N–H and O–H groups in total. The zero-order valence-electron chi connectivity index (χ0n) is 14.7. The Morgan fingerprint density at radius 3 is 2.56 bits per heavy atom. The molecule has 0 aliphatic carbocycles. The summed E-state index contributed by atoms with van der Waals surface area (Å²) in [6.07, 6.45) is 0.905. The summed E-state index contributed by atoms with van der Waals surface area (Å²) in [6, 6.07) is 14.1. The van der Waals surface area contributed by atoms with Crippen LogP contribution >= 0.6 is 11.6 Å². The van der Waals surface area contributed by atoms with Crippen molar-refractivity contribution < 1.29 is 9.59 Å². The summed E-state index contributed by atoms with van der Waals surface area (Å²) in [5.41, 5.74) is 2.04. The Morgan fingerprint density at radius 1 is 1.04 bits per heavy atom. The van der Waals surface area contributed by atoms with Crippen molar-refractivity contribution in [2.24, 2.45) is 0 Å². The molecule has 3 rings (SSSR count). The van der Waals surface area contributed by atoms with Gasteiger partial charge in [0, 0.05) is 36.5 Å². The smallest absolute Gasteiger partial charge is 0.326 e. The van der Waals surface area contributed by atoms with Crippen LogP contribution < -0.4 is 11.0 Å². The normalized spacial score (nSPS) is 10.9. The number of carbonyl (C=O) groups excluding carboxylic acids is 2. The second kappa shape index (κ2) is 8.68. The Bertz CT molecular complexity index is 1010. The number of aryl methyl sites for hydroxylation is 1. The van der Waals surface area contributed by atoms with Crippen LogP contribution in [0.1, 0.15) is 29.6 Å². The molecule has 0 spiro atoms. The summed E-state index contributed by atoms with van der Waals surface area (Å²) in [4.78, 5) is 38.7. The molecule has 3 aromatic rings. The van der Waals surface area contributed by atoms with Crippen LogP contribution in [0.15, 0.2) is 53.3 Å². The first-order valence-corrected chi connectivity index (χ1v) is 9.15. The minimum Gasteiger partial charge on any atom is -0.356 e. The lowest BCUT2D eigenvalue weighted by molar-refractivity contribution is -0.121. The van der Waals surface area contributed by atoms with Gasteiger partial charge in [-0.25, -0.2) is 4.79 Å². The number of benzene rings is 2. The Morgan fingerprint density at radius 2 is 1.78 bits per heavy atom. The maximum atomic E-state index is 12.0. The number of Topliss-reactive ketones (excluding diaryl/α,β-unsaturated/α-hetero) is 1. The molecule has 27 heavy (non-hydrogen) atoms. The summed E-state index contributed by atoms with van der Waals surface area (Å²) in [5, 5.41) is 3.36. The zero-order valence-corrected chi connectivity index (χ0v) is 15.5. The molecule has 0 unspecified atom stereocenters. The van der Waals surface area contributed by atoms with Crippen LogP contribution in [0.4, 0.5) is 0 Å². The average molecular weight is 386 g/mol. The predicted molar refractivity (Wildman–Crippen MR) is 105 cm³/mol. The van der Waals surface area contributed by atoms with Gasteiger partial charge in [0.15, 0.2) is 5.78 Å². The van der Waals surface area contributed by atoms with Gasteiger partial charge in [0.25, 0.3) is 0 Å². The largest absolute Gasteiger partial charge is 0.356 e. The van der Waals surface area contributed by atoms with E-state index in [1.807, 2.05) is 24.3 Å². The summed E-state index contributed by atoms with van der Waals surface area (Å²) < 4.78 is 1.66. The van der Waals surface area contributed by atoms with Gasteiger partial charge < -0.3 is 10.3 Å². The second-order valence-corrected chi connectivity index (χ2v) is 6.67. The standard InChI is InChI=1S/C20H20ClN3O3/c21-15-8-6-14(7-9-15)18(25)10-11-19(26)22-12-3-13-24-17-5-2-1-4-16(17)23-20(24)27/h1-2,4-9H,3,10-13H2,(H,22,26)(H,23,27). The van der Waals surface area contributed by atoms with Crippen molar-refractivity contribution in [1.29, 1.82) is 0 Å². The van der Waals surface area contributed by atoms with E-state index in [2.05, 4.69) is 10.3 Å². The highest BCUT2D eigenvalue weighted by Gasteiger charge is 2.10. The maximum Gasteiger partial charge on any atom is 0.326 e. The lowest BCUT2D eigenvalue weighted by Crippen LogP contribution is -2.26. The molecule has 0 aliphatic heterocycles. The molecular weight excluding hydrogens is 366 g/mol. The van der Waals surface area contributed by atoms with Gasteiger partial charge in [-0.15, -0.1) is 0 Å². The van der Waals surface area contributed by atoms with Gasteiger partial charge in [0.05, 0.1) is 11.0 Å². The number of imidazole rings is 1. The highest BCUT2D eigenvalue weighted by Crippen LogP contribution is 2.12. The molecule has 1 amide bonds. The monoisotopic (exact) mass is 385 g/mol. The van der Waals surface area contributed by atoms with Crippen LogP contribution in [0.2, 0.25) is 5.02 Å². The number of para-hydroxylation sites is 2. The highest BCUT2D eigenvalue weighted by molar-refractivity contribution is 6.30. The molecule has 0 aliphatic rings. The first-order valence-electron chi connectivity index (χ1n) is 8.77. The van der Waals surface area contributed by atoms with Gasteiger partial charge in [-0.2, -0.15) is 0 Å². The number of hydrogen-bond donors (Lipinski definition) is 2. The van der Waals surface area contributed by atoms with Crippen molar-refractivity contribution in [2.75, 3.05) is 6.54 Å². The number of ketones is 1. The van der Waals surface area contributed by atoms with E-state index in [9.17, 15) is 14.4 Å². The van der Waals surface area contributed by atoms with Crippen LogP contribution in [0.5, 0.6) is 0 Å². The Hall–Kier alpha value is -2.86. The molecular formula is C20H20ClN3O3. The lowest BCUT2D eigenvalue weighted by atomic mass is 10.1. The topological polar surface area (TPSA) is 84.0 Å². The number of carbonyl (C=O) groups is 2. The number of halogens is 1. The second-order valence-electron chi connectivity index (χ2n) is 6.23. The van der Waals surface area contributed by atoms with Crippen LogP contribution in [-0.4, -0.2) is 27.8 Å². The van der Waals surface area contributed by atoms with E-state index in [1.165, 1.54) is 0 Å². The Balaban J connectivity index is 1.42. The average Bonchev–Trinajstić information content (AvgIpc) is 2.99. The SMILES string of the molecule is O=C(CCC(=O)c1ccc(Cl)cc1)NCCCn1c(=O)[nH]c2ccccc21. The first kappa shape index (κ1) is 18.9. The number of rotatable bonds is 8. The van der Waals surface area contributed by atoms with Gasteiger partial charge in [-0.1, -0.05) is 23.7 Å². The van der Waals surface area contributed by atoms with Crippen molar-refractivity contribution in [3.05, 3.63) is 69.6 Å². The van der Waals surface area contributed by atoms with Gasteiger partial charge >= 0.3 is 5.69 Å². The number of fused-ring (bicyclic) bond motifs is 1. The number of hydrogen-bond acceptors (Lipinski definition) is 3. The molecule has 7 heteroatoms. The van der Waals surface area contributed by atoms with E-state index in [0.717, 1.165) is 11.0 Å². The van der Waals surface area contributed by atoms with Gasteiger partial charge in [-0.3, -0.25) is 14.2 Å². The number of amides is 1. The molecule has 0 fully saturated rings. The van der Waals surface area contributed by atoms with Crippen molar-refractivity contribution in [2.45, 2.75) is 25.8 Å². The highest BCUT2D eigenvalue weighted by atomic mass is 35.5. The third-order valence-electron chi connectivity index (χ3n) is 4.31. The minimum atomic E-state index is -0.177. The van der Waals surface area contributed by atoms with E-state index in [-0.39, 0.29) is 30.2 Å². The van der Waals surface area contributed by atoms with Crippen LogP contribution in [-0.2, 0) is 11.3 Å². The van der Waals surface area contributed by atoms with Crippen molar-refractivity contribution in [1.82, 2.24) is 14.9 Å². The van der Waals surface area contributed by atoms with Crippen LogP contribution in [0.3, 0.4) is 0 Å². The zero-order chi connectivity index (χ0) is 19.2. The third-order valence-corrected chi connectivity index (χ3v) is 4.56. The number of aromatic amines is 1. The predicted octanol–water partition coefficient (Wildman–Crippen LogP) is 3.15. The fraction of sp³-hybridized carbons (Fsp3) is 0.250. The van der Waals surface area contributed by atoms with Gasteiger partial charge in [0.2, 0.25) is 5.91 Å². The van der Waals surface area contributed by atoms with E-state index in [4.69, 9.17) is 11.6 Å². The quantitative estimate of drug-likeness (QED) is 0.461. The van der Waals surface area contributed by atoms with E-state index >= 15 is 0 Å². The van der Waals surface area contributed by atoms with E-state index in [0.29, 0.717) is 30.1 Å². The number of H-pyrrole nitrogens is 1. The van der Waals surface area contributed by atoms with Crippen molar-refractivity contribution in [3.8, 4) is 0 Å². The molecule has 0 saturated carbocycles. The maximum absolute atomic E-state index is 12.0. The van der Waals surface area contributed by atoms with Crippen molar-refractivity contribution >= 4 is 34.3 Å². The molecule has 0 bridgehead atoms. The fourth-order valence-electron chi connectivity index (χ4n) is 2.89. The molecule has 1 heterocycles. The lowest BCUT2D eigenvalue weighted by Gasteiger charge is -2.06. The number of nitrogens with zero attached hydrogens (tertiary/aromatic N) is 1. The number of nitrogens with one attached hydrogen (secondary N) is 2. The minimum absolute atomic E-state index is 0.0906. The van der Waals surface area contributed by atoms with Gasteiger partial charge in [-0.05, 0) is 42.8 Å². The molecule has 0 atom stereocenters. The Labute approximate surface area is 161 Å². The molecule has 6 nitrogen and oxygen atoms in total. The summed E-state index contributed by atoms with van der Waals surface area (Å²) >= 11 is 5.80. The third kappa shape index (κ3) is 4.86. The molecule has 140 valence electrons. The van der Waals surface area contributed by atoms with Crippen LogP contribution in [0.25, 0.3) is 11.0 Å². The van der Waals surface area contributed by atoms with Gasteiger partial charge in [0.1, 0.15) is 0 Å². The molecule has 2 aromatic carbocycles. The first-order chi connectivity index (χ1) is 13.0. The molecule has 0 saturated heterocycles. The molecule has 0 radical (unpaired) electrons. The van der Waals surface area contributed by atoms with Crippen LogP contribution in [0, 0.1) is 0 Å². The van der Waals surface area contributed by atoms with E-state index < -0.39 is 0 Å². The molecule has 1 aromatic heterocycles. The van der Waals surface area contributed by atoms with E-state index in [1.54, 1.807) is 28.8 Å². The Kier molecular flexibility index (Phi) is 6.08. The summed E-state index contributed by atoms with van der Waals surface area (Å²) in [7, 11) is 0. The summed E-state index contributed by atoms with van der Waals surface area (Å²) in [6.45, 7) is 0.951. The summed E-state index contributed by atoms with van der Waals surface area (Å²) in [5.74, 6) is -0.268. The fourth-order valence-corrected chi connectivity index (χ4v) is 3.02. The number of aromatic nitrogens is 2.